The van der Waals surface area contributed by atoms with Gasteiger partial charge in [0.1, 0.15) is 5.75 Å². The lowest BCUT2D eigenvalue weighted by Crippen LogP contribution is -2.13. The minimum atomic E-state index is -0.419. The number of pyridine rings is 1. The van der Waals surface area contributed by atoms with Crippen LogP contribution in [-0.2, 0) is 0 Å². The molecule has 3 aromatic heterocycles. The molecule has 8 nitrogen and oxygen atoms in total. The molecule has 6 rings (SSSR count). The Labute approximate surface area is 204 Å². The number of rotatable bonds is 5. The van der Waals surface area contributed by atoms with Gasteiger partial charge < -0.3 is 13.9 Å². The summed E-state index contributed by atoms with van der Waals surface area (Å²) >= 11 is 0. The van der Waals surface area contributed by atoms with Gasteiger partial charge >= 0.3 is 6.01 Å². The molecule has 0 unspecified atom stereocenters. The highest BCUT2D eigenvalue weighted by Gasteiger charge is 2.18. The molecular formula is C28H18N4O4. The van der Waals surface area contributed by atoms with E-state index in [2.05, 4.69) is 15.5 Å². The van der Waals surface area contributed by atoms with Gasteiger partial charge in [0.05, 0.1) is 23.0 Å². The fourth-order valence-electron chi connectivity index (χ4n) is 3.94. The van der Waals surface area contributed by atoms with Gasteiger partial charge in [-0.1, -0.05) is 53.6 Å². The lowest BCUT2D eigenvalue weighted by molar-refractivity contribution is 0.102. The Kier molecular flexibility index (Phi) is 5.23. The zero-order valence-electron chi connectivity index (χ0n) is 18.8. The van der Waals surface area contributed by atoms with E-state index in [-0.39, 0.29) is 17.7 Å². The third-order valence-corrected chi connectivity index (χ3v) is 5.70. The zero-order valence-corrected chi connectivity index (χ0v) is 18.8. The molecule has 36 heavy (non-hydrogen) atoms. The molecule has 0 bridgehead atoms. The van der Waals surface area contributed by atoms with Crippen molar-refractivity contribution in [1.29, 1.82) is 0 Å². The summed E-state index contributed by atoms with van der Waals surface area (Å²) in [5, 5.41) is 20.9. The first-order valence-corrected chi connectivity index (χ1v) is 11.1. The molecular weight excluding hydrogens is 456 g/mol. The van der Waals surface area contributed by atoms with Crippen LogP contribution in [0.3, 0.4) is 0 Å². The van der Waals surface area contributed by atoms with Gasteiger partial charge in [0.25, 0.3) is 11.8 Å². The second kappa shape index (κ2) is 8.84. The average molecular weight is 474 g/mol. The summed E-state index contributed by atoms with van der Waals surface area (Å²) in [5.41, 5.74) is 4.38. The van der Waals surface area contributed by atoms with Crippen LogP contribution in [0.2, 0.25) is 0 Å². The topological polar surface area (TPSA) is 114 Å². The van der Waals surface area contributed by atoms with Crippen molar-refractivity contribution in [3.05, 3.63) is 103 Å². The van der Waals surface area contributed by atoms with Crippen molar-refractivity contribution in [3.63, 3.8) is 0 Å². The van der Waals surface area contributed by atoms with E-state index in [1.165, 1.54) is 6.26 Å². The molecule has 3 aromatic carbocycles. The zero-order chi connectivity index (χ0) is 24.5. The van der Waals surface area contributed by atoms with Crippen molar-refractivity contribution < 1.29 is 18.7 Å². The lowest BCUT2D eigenvalue weighted by Gasteiger charge is -2.11. The van der Waals surface area contributed by atoms with Gasteiger partial charge in [-0.3, -0.25) is 10.1 Å². The van der Waals surface area contributed by atoms with Crippen molar-refractivity contribution in [2.24, 2.45) is 0 Å². The number of fused-ring (bicyclic) bond motifs is 1. The molecule has 3 heterocycles. The maximum absolute atomic E-state index is 13.5. The standard InChI is InChI=1S/C28H18N4O4/c33-20-11-8-17(9-12-20)19-10-13-23-21(15-19)22(16-24(29-23)18-5-2-1-3-6-18)26(34)30-28-32-31-27(36-28)25-7-4-14-35-25/h1-16,33H,(H,30,32,34). The number of nitrogens with zero attached hydrogens (tertiary/aromatic N) is 3. The molecule has 0 fully saturated rings. The summed E-state index contributed by atoms with van der Waals surface area (Å²) in [7, 11) is 0. The molecule has 1 amide bonds. The van der Waals surface area contributed by atoms with Gasteiger partial charge in [0, 0.05) is 10.9 Å². The minimum Gasteiger partial charge on any atom is -0.508 e. The van der Waals surface area contributed by atoms with Gasteiger partial charge in [0.15, 0.2) is 5.76 Å². The second-order valence-electron chi connectivity index (χ2n) is 8.04. The van der Waals surface area contributed by atoms with Crippen LogP contribution < -0.4 is 5.32 Å². The van der Waals surface area contributed by atoms with Crippen LogP contribution in [0.1, 0.15) is 10.4 Å². The van der Waals surface area contributed by atoms with E-state index in [4.69, 9.17) is 13.8 Å². The molecule has 0 aliphatic rings. The van der Waals surface area contributed by atoms with Crippen LogP contribution in [0.4, 0.5) is 6.01 Å². The van der Waals surface area contributed by atoms with Crippen LogP contribution in [0.5, 0.6) is 5.75 Å². The largest absolute Gasteiger partial charge is 0.508 e. The summed E-state index contributed by atoms with van der Waals surface area (Å²) in [4.78, 5) is 18.3. The molecule has 6 aromatic rings. The van der Waals surface area contributed by atoms with Crippen molar-refractivity contribution >= 4 is 22.8 Å². The molecule has 0 saturated carbocycles. The van der Waals surface area contributed by atoms with Gasteiger partial charge in [-0.05, 0) is 53.6 Å². The van der Waals surface area contributed by atoms with Gasteiger partial charge in [-0.25, -0.2) is 4.98 Å². The number of nitrogens with one attached hydrogen (secondary N) is 1. The number of hydrogen-bond donors (Lipinski definition) is 2. The Hall–Kier alpha value is -5.24. The van der Waals surface area contributed by atoms with E-state index in [0.717, 1.165) is 16.7 Å². The highest BCUT2D eigenvalue weighted by molar-refractivity contribution is 6.13. The van der Waals surface area contributed by atoms with Crippen molar-refractivity contribution in [1.82, 2.24) is 15.2 Å². The fourth-order valence-corrected chi connectivity index (χ4v) is 3.94. The van der Waals surface area contributed by atoms with E-state index < -0.39 is 5.91 Å². The molecule has 0 spiro atoms. The monoisotopic (exact) mass is 474 g/mol. The first-order valence-electron chi connectivity index (χ1n) is 11.1. The Balaban J connectivity index is 1.44. The Bertz CT molecular complexity index is 1670. The highest BCUT2D eigenvalue weighted by atomic mass is 16.4. The number of phenolic OH excluding ortho intramolecular Hbond substituents is 1. The first kappa shape index (κ1) is 21.3. The molecule has 0 aliphatic heterocycles. The van der Waals surface area contributed by atoms with Crippen LogP contribution in [0.25, 0.3) is 44.9 Å². The summed E-state index contributed by atoms with van der Waals surface area (Å²) < 4.78 is 10.8. The van der Waals surface area contributed by atoms with Crippen molar-refractivity contribution in [3.8, 4) is 39.8 Å². The third-order valence-electron chi connectivity index (χ3n) is 5.70. The number of benzene rings is 3. The lowest BCUT2D eigenvalue weighted by atomic mass is 9.98. The fraction of sp³-hybridized carbons (Fsp3) is 0. The van der Waals surface area contributed by atoms with Crippen LogP contribution in [0.15, 0.2) is 106 Å². The van der Waals surface area contributed by atoms with Crippen molar-refractivity contribution in [2.45, 2.75) is 0 Å². The summed E-state index contributed by atoms with van der Waals surface area (Å²) in [6.07, 6.45) is 1.50. The number of aromatic nitrogens is 3. The number of anilines is 1. The molecule has 0 aliphatic carbocycles. The van der Waals surface area contributed by atoms with Gasteiger partial charge in [-0.15, -0.1) is 5.10 Å². The predicted molar refractivity (Wildman–Crippen MR) is 134 cm³/mol. The number of carbonyl (C=O) groups is 1. The number of phenols is 1. The average Bonchev–Trinajstić information content (AvgIpc) is 3.61. The predicted octanol–water partition coefficient (Wildman–Crippen LogP) is 6.17. The quantitative estimate of drug-likeness (QED) is 0.307. The first-order chi connectivity index (χ1) is 17.6. The Morgan fingerprint density at radius 1 is 0.806 bits per heavy atom. The Morgan fingerprint density at radius 3 is 2.39 bits per heavy atom. The Morgan fingerprint density at radius 2 is 1.61 bits per heavy atom. The molecule has 0 atom stereocenters. The van der Waals surface area contributed by atoms with E-state index in [1.807, 2.05) is 60.7 Å². The maximum atomic E-state index is 13.5. The van der Waals surface area contributed by atoms with E-state index >= 15 is 0 Å². The molecule has 2 N–H and O–H groups in total. The van der Waals surface area contributed by atoms with Crippen LogP contribution in [-0.4, -0.2) is 26.2 Å². The summed E-state index contributed by atoms with van der Waals surface area (Å²) in [5.74, 6) is 0.330. The molecule has 0 saturated heterocycles. The number of aromatic hydroxyl groups is 1. The minimum absolute atomic E-state index is 0.0488. The van der Waals surface area contributed by atoms with Crippen molar-refractivity contribution in [2.75, 3.05) is 5.32 Å². The summed E-state index contributed by atoms with van der Waals surface area (Å²) in [6, 6.07) is 27.3. The second-order valence-corrected chi connectivity index (χ2v) is 8.04. The number of amides is 1. The molecule has 174 valence electrons. The smallest absolute Gasteiger partial charge is 0.322 e. The number of hydrogen-bond acceptors (Lipinski definition) is 7. The number of furan rings is 1. The normalized spacial score (nSPS) is 11.0. The van der Waals surface area contributed by atoms with Crippen LogP contribution in [0, 0.1) is 0 Å². The number of carbonyl (C=O) groups excluding carboxylic acids is 1. The molecule has 0 radical (unpaired) electrons. The third kappa shape index (κ3) is 4.07. The SMILES string of the molecule is O=C(Nc1nnc(-c2ccco2)o1)c1cc(-c2ccccc2)nc2ccc(-c3ccc(O)cc3)cc12. The van der Waals surface area contributed by atoms with E-state index in [9.17, 15) is 9.90 Å². The van der Waals surface area contributed by atoms with E-state index in [1.54, 1.807) is 30.3 Å². The van der Waals surface area contributed by atoms with E-state index in [0.29, 0.717) is 27.9 Å². The maximum Gasteiger partial charge on any atom is 0.322 e. The highest BCUT2D eigenvalue weighted by Crippen LogP contribution is 2.30. The van der Waals surface area contributed by atoms with Crippen LogP contribution >= 0.6 is 0 Å². The van der Waals surface area contributed by atoms with Gasteiger partial charge in [0.2, 0.25) is 0 Å². The summed E-state index contributed by atoms with van der Waals surface area (Å²) in [6.45, 7) is 0. The molecule has 8 heteroatoms. The van der Waals surface area contributed by atoms with Gasteiger partial charge in [-0.2, -0.15) is 0 Å².